The van der Waals surface area contributed by atoms with E-state index in [9.17, 15) is 8.78 Å². The smallest absolute Gasteiger partial charge is 0.135 e. The van der Waals surface area contributed by atoms with Crippen LogP contribution in [-0.4, -0.2) is 0 Å². The molecule has 0 aliphatic carbocycles. The highest BCUT2D eigenvalue weighted by Gasteiger charge is 2.12. The molecule has 2 rings (SSSR count). The second-order valence-corrected chi connectivity index (χ2v) is 4.49. The zero-order valence-corrected chi connectivity index (χ0v) is 10.2. The second-order valence-electron chi connectivity index (χ2n) is 3.17. The minimum Gasteiger partial charge on any atom is -0.206 e. The van der Waals surface area contributed by atoms with Crippen LogP contribution in [0.4, 0.5) is 8.78 Å². The van der Waals surface area contributed by atoms with Gasteiger partial charge in [0, 0.05) is 15.6 Å². The Morgan fingerprint density at radius 1 is 1.12 bits per heavy atom. The fraction of sp³-hybridized carbons (Fsp3) is 0. The quantitative estimate of drug-likeness (QED) is 0.706. The highest BCUT2D eigenvalue weighted by Crippen LogP contribution is 2.30. The standard InChI is InChI=1S/C12H5BrClF2/c13-8-5-10(15)12(11(16)6-8)7-2-1-3-9(14)4-7/h1-2,4-6H. The van der Waals surface area contributed by atoms with Gasteiger partial charge in [-0.15, -0.1) is 0 Å². The maximum atomic E-state index is 13.6. The van der Waals surface area contributed by atoms with E-state index in [0.29, 0.717) is 15.1 Å². The normalized spacial score (nSPS) is 10.5. The van der Waals surface area contributed by atoms with Crippen molar-refractivity contribution in [3.63, 3.8) is 0 Å². The molecule has 0 unspecified atom stereocenters. The SMILES string of the molecule is Fc1cc(Br)cc(F)c1-c1cc[c]c(Cl)c1. The van der Waals surface area contributed by atoms with Gasteiger partial charge in [0.1, 0.15) is 11.6 Å². The van der Waals surface area contributed by atoms with E-state index in [0.717, 1.165) is 0 Å². The molecule has 0 heterocycles. The molecule has 0 spiro atoms. The Labute approximate surface area is 105 Å². The fourth-order valence-electron chi connectivity index (χ4n) is 1.41. The van der Waals surface area contributed by atoms with Crippen LogP contribution < -0.4 is 0 Å². The first-order chi connectivity index (χ1) is 7.58. The van der Waals surface area contributed by atoms with Gasteiger partial charge >= 0.3 is 0 Å². The van der Waals surface area contributed by atoms with Crippen LogP contribution in [0.1, 0.15) is 0 Å². The summed E-state index contributed by atoms with van der Waals surface area (Å²) in [6, 6.07) is 9.68. The predicted molar refractivity (Wildman–Crippen MR) is 63.3 cm³/mol. The molecular formula is C12H5BrClF2. The summed E-state index contributed by atoms with van der Waals surface area (Å²) in [5, 5.41) is 0.319. The van der Waals surface area contributed by atoms with Crippen LogP contribution in [0.15, 0.2) is 34.8 Å². The van der Waals surface area contributed by atoms with Crippen molar-refractivity contribution in [3.8, 4) is 11.1 Å². The van der Waals surface area contributed by atoms with E-state index in [2.05, 4.69) is 22.0 Å². The lowest BCUT2D eigenvalue weighted by atomic mass is 10.0. The number of benzene rings is 2. The average Bonchev–Trinajstić information content (AvgIpc) is 2.15. The third-order valence-electron chi connectivity index (χ3n) is 2.06. The van der Waals surface area contributed by atoms with Crippen molar-refractivity contribution < 1.29 is 8.78 Å². The Hall–Kier alpha value is -0.930. The largest absolute Gasteiger partial charge is 0.206 e. The monoisotopic (exact) mass is 301 g/mol. The van der Waals surface area contributed by atoms with Gasteiger partial charge in [-0.3, -0.25) is 0 Å². The summed E-state index contributed by atoms with van der Waals surface area (Å²) < 4.78 is 27.6. The highest BCUT2D eigenvalue weighted by atomic mass is 79.9. The molecule has 0 saturated carbocycles. The molecular weight excluding hydrogens is 297 g/mol. The van der Waals surface area contributed by atoms with Gasteiger partial charge in [-0.05, 0) is 23.8 Å². The van der Waals surface area contributed by atoms with Crippen LogP contribution in [0.5, 0.6) is 0 Å². The predicted octanol–water partition coefficient (Wildman–Crippen LogP) is 4.85. The summed E-state index contributed by atoms with van der Waals surface area (Å²) in [7, 11) is 0. The van der Waals surface area contributed by atoms with E-state index >= 15 is 0 Å². The van der Waals surface area contributed by atoms with Crippen molar-refractivity contribution in [2.24, 2.45) is 0 Å². The summed E-state index contributed by atoms with van der Waals surface area (Å²) in [6.45, 7) is 0. The molecule has 4 heteroatoms. The van der Waals surface area contributed by atoms with Gasteiger partial charge in [0.15, 0.2) is 0 Å². The molecule has 0 aliphatic heterocycles. The molecule has 2 aromatic carbocycles. The molecule has 0 fully saturated rings. The average molecular weight is 303 g/mol. The van der Waals surface area contributed by atoms with Gasteiger partial charge in [-0.1, -0.05) is 39.7 Å². The highest BCUT2D eigenvalue weighted by molar-refractivity contribution is 9.10. The maximum Gasteiger partial charge on any atom is 0.135 e. The van der Waals surface area contributed by atoms with Crippen LogP contribution >= 0.6 is 27.5 Å². The van der Waals surface area contributed by atoms with Gasteiger partial charge in [-0.2, -0.15) is 0 Å². The molecule has 16 heavy (non-hydrogen) atoms. The Morgan fingerprint density at radius 2 is 1.75 bits per heavy atom. The van der Waals surface area contributed by atoms with Crippen molar-refractivity contribution in [1.29, 1.82) is 0 Å². The van der Waals surface area contributed by atoms with Gasteiger partial charge in [0.05, 0.1) is 5.56 Å². The number of hydrogen-bond acceptors (Lipinski definition) is 0. The van der Waals surface area contributed by atoms with Crippen molar-refractivity contribution >= 4 is 27.5 Å². The zero-order chi connectivity index (χ0) is 11.7. The molecule has 0 nitrogen and oxygen atoms in total. The lowest BCUT2D eigenvalue weighted by Gasteiger charge is -2.06. The molecule has 0 aromatic heterocycles. The maximum absolute atomic E-state index is 13.6. The van der Waals surface area contributed by atoms with E-state index in [-0.39, 0.29) is 5.56 Å². The molecule has 0 atom stereocenters. The zero-order valence-electron chi connectivity index (χ0n) is 7.90. The molecule has 1 radical (unpaired) electrons. The summed E-state index contributed by atoms with van der Waals surface area (Å²) in [5.74, 6) is -1.26. The van der Waals surface area contributed by atoms with E-state index in [1.54, 1.807) is 6.07 Å². The number of rotatable bonds is 1. The summed E-state index contributed by atoms with van der Waals surface area (Å²) >= 11 is 8.74. The van der Waals surface area contributed by atoms with Gasteiger partial charge in [0.2, 0.25) is 0 Å². The number of halogens is 4. The first-order valence-electron chi connectivity index (χ1n) is 4.40. The van der Waals surface area contributed by atoms with Gasteiger partial charge in [-0.25, -0.2) is 8.78 Å². The molecule has 0 N–H and O–H groups in total. The third-order valence-corrected chi connectivity index (χ3v) is 2.74. The van der Waals surface area contributed by atoms with E-state index < -0.39 is 11.6 Å². The van der Waals surface area contributed by atoms with E-state index in [1.165, 1.54) is 24.3 Å². The molecule has 0 saturated heterocycles. The van der Waals surface area contributed by atoms with Gasteiger partial charge in [0.25, 0.3) is 0 Å². The van der Waals surface area contributed by atoms with E-state index in [4.69, 9.17) is 11.6 Å². The molecule has 0 amide bonds. The van der Waals surface area contributed by atoms with Crippen molar-refractivity contribution in [2.45, 2.75) is 0 Å². The third kappa shape index (κ3) is 2.25. The summed E-state index contributed by atoms with van der Waals surface area (Å²) in [6.07, 6.45) is 0. The van der Waals surface area contributed by atoms with Gasteiger partial charge < -0.3 is 0 Å². The van der Waals surface area contributed by atoms with Crippen molar-refractivity contribution in [2.75, 3.05) is 0 Å². The molecule has 0 aliphatic rings. The molecule has 2 aromatic rings. The topological polar surface area (TPSA) is 0 Å². The Balaban J connectivity index is 2.64. The first kappa shape index (κ1) is 11.6. The number of hydrogen-bond donors (Lipinski definition) is 0. The Kier molecular flexibility index (Phi) is 3.26. The minimum atomic E-state index is -0.630. The first-order valence-corrected chi connectivity index (χ1v) is 5.57. The van der Waals surface area contributed by atoms with Crippen LogP contribution in [0.3, 0.4) is 0 Å². The summed E-state index contributed by atoms with van der Waals surface area (Å²) in [4.78, 5) is 0. The fourth-order valence-corrected chi connectivity index (χ4v) is 1.99. The van der Waals surface area contributed by atoms with Crippen LogP contribution in [0.2, 0.25) is 5.02 Å². The molecule has 0 bridgehead atoms. The van der Waals surface area contributed by atoms with Crippen LogP contribution in [0, 0.1) is 17.7 Å². The minimum absolute atomic E-state index is 0.0842. The van der Waals surface area contributed by atoms with Crippen molar-refractivity contribution in [3.05, 3.63) is 57.5 Å². The van der Waals surface area contributed by atoms with Crippen LogP contribution in [-0.2, 0) is 0 Å². The molecule has 81 valence electrons. The lowest BCUT2D eigenvalue weighted by Crippen LogP contribution is -1.90. The second kappa shape index (κ2) is 4.52. The Bertz CT molecular complexity index is 517. The summed E-state index contributed by atoms with van der Waals surface area (Å²) in [5.41, 5.74) is 0.311. The lowest BCUT2D eigenvalue weighted by molar-refractivity contribution is 0.588. The van der Waals surface area contributed by atoms with Crippen LogP contribution in [0.25, 0.3) is 11.1 Å². The van der Waals surface area contributed by atoms with Crippen molar-refractivity contribution in [1.82, 2.24) is 0 Å². The van der Waals surface area contributed by atoms with E-state index in [1.807, 2.05) is 0 Å². The Morgan fingerprint density at radius 3 is 2.31 bits per heavy atom.